The summed E-state index contributed by atoms with van der Waals surface area (Å²) in [5.74, 6) is -0.376. The number of thiazole rings is 1. The predicted molar refractivity (Wildman–Crippen MR) is 64.9 cm³/mol. The molecule has 82 valence electrons. The van der Waals surface area contributed by atoms with E-state index in [-0.39, 0.29) is 11.6 Å². The van der Waals surface area contributed by atoms with Crippen LogP contribution in [0.2, 0.25) is 0 Å². The number of aromatic nitrogens is 1. The zero-order valence-electron chi connectivity index (χ0n) is 8.41. The maximum atomic E-state index is 12.8. The Morgan fingerprint density at radius 3 is 2.56 bits per heavy atom. The van der Waals surface area contributed by atoms with Crippen LogP contribution in [0.1, 0.15) is 17.4 Å². The Kier molecular flexibility index (Phi) is 2.98. The van der Waals surface area contributed by atoms with E-state index in [0.29, 0.717) is 9.65 Å². The van der Waals surface area contributed by atoms with Gasteiger partial charge in [0, 0.05) is 6.92 Å². The van der Waals surface area contributed by atoms with E-state index in [1.165, 1.54) is 30.4 Å². The minimum Gasteiger partial charge on any atom is -0.334 e. The number of rotatable bonds is 2. The lowest BCUT2D eigenvalue weighted by Gasteiger charge is -1.99. The number of hydrogen-bond donors (Lipinski definition) is 1. The molecular weight excluding hydrogens is 245 g/mol. The minimum absolute atomic E-state index is 0.0772. The molecule has 0 atom stereocenters. The first kappa shape index (κ1) is 11.2. The van der Waals surface area contributed by atoms with Crippen molar-refractivity contribution >= 4 is 29.3 Å². The molecule has 0 saturated heterocycles. The molecule has 2 aromatic rings. The summed E-state index contributed by atoms with van der Waals surface area (Å²) in [4.78, 5) is 15.0. The summed E-state index contributed by atoms with van der Waals surface area (Å²) in [7, 11) is 0. The number of carbonyl (C=O) groups is 1. The molecule has 1 heterocycles. The monoisotopic (exact) mass is 253 g/mol. The normalized spacial score (nSPS) is 10.4. The van der Waals surface area contributed by atoms with Gasteiger partial charge in [0.15, 0.2) is 9.74 Å². The Morgan fingerprint density at radius 2 is 2.00 bits per heavy atom. The summed E-state index contributed by atoms with van der Waals surface area (Å²) in [5, 5.41) is 0. The van der Waals surface area contributed by atoms with Crippen LogP contribution in [0, 0.1) is 9.77 Å². The highest BCUT2D eigenvalue weighted by atomic mass is 32.1. The highest BCUT2D eigenvalue weighted by molar-refractivity contribution is 7.73. The second-order valence-corrected chi connectivity index (χ2v) is 4.97. The molecule has 5 heteroatoms. The molecule has 0 amide bonds. The maximum absolute atomic E-state index is 12.8. The number of hydrogen-bond acceptors (Lipinski definition) is 3. The Morgan fingerprint density at radius 1 is 1.38 bits per heavy atom. The van der Waals surface area contributed by atoms with Gasteiger partial charge >= 0.3 is 0 Å². The van der Waals surface area contributed by atoms with E-state index in [1.54, 1.807) is 12.1 Å². The summed E-state index contributed by atoms with van der Waals surface area (Å²) >= 11 is 6.32. The summed E-state index contributed by atoms with van der Waals surface area (Å²) in [6, 6.07) is 6.00. The molecule has 0 saturated carbocycles. The quantitative estimate of drug-likeness (QED) is 0.652. The van der Waals surface area contributed by atoms with Crippen molar-refractivity contribution in [2.45, 2.75) is 6.92 Å². The van der Waals surface area contributed by atoms with Crippen molar-refractivity contribution in [2.75, 3.05) is 0 Å². The van der Waals surface area contributed by atoms with E-state index >= 15 is 0 Å². The van der Waals surface area contributed by atoms with Gasteiger partial charge in [-0.1, -0.05) is 12.1 Å². The first-order chi connectivity index (χ1) is 7.58. The second kappa shape index (κ2) is 4.27. The minimum atomic E-state index is -0.299. The fourth-order valence-corrected chi connectivity index (χ4v) is 2.62. The average Bonchev–Trinajstić information content (AvgIpc) is 2.61. The van der Waals surface area contributed by atoms with E-state index in [1.807, 2.05) is 0 Å². The van der Waals surface area contributed by atoms with E-state index in [2.05, 4.69) is 4.98 Å². The van der Waals surface area contributed by atoms with Gasteiger partial charge in [0.25, 0.3) is 0 Å². The highest BCUT2D eigenvalue weighted by Crippen LogP contribution is 2.29. The van der Waals surface area contributed by atoms with Crippen molar-refractivity contribution in [3.05, 3.63) is 39.7 Å². The van der Waals surface area contributed by atoms with Gasteiger partial charge < -0.3 is 4.98 Å². The molecule has 0 aliphatic rings. The number of aromatic amines is 1. The molecule has 1 N–H and O–H groups in total. The Bertz CT molecular complexity index is 583. The van der Waals surface area contributed by atoms with Crippen molar-refractivity contribution in [3.63, 3.8) is 0 Å². The molecule has 0 spiro atoms. The van der Waals surface area contributed by atoms with Crippen molar-refractivity contribution in [3.8, 4) is 10.4 Å². The Hall–Kier alpha value is -1.33. The van der Waals surface area contributed by atoms with E-state index in [4.69, 9.17) is 12.2 Å². The number of H-pyrrole nitrogens is 1. The standard InChI is InChI=1S/C11H8FNOS2/c1-6(14)9-10(16-11(15)13-9)7-2-4-8(12)5-3-7/h2-5H,1H3,(H,13,15). The lowest BCUT2D eigenvalue weighted by atomic mass is 10.1. The topological polar surface area (TPSA) is 32.9 Å². The second-order valence-electron chi connectivity index (χ2n) is 3.28. The number of carbonyl (C=O) groups excluding carboxylic acids is 1. The molecule has 0 unspecified atom stereocenters. The molecule has 1 aromatic carbocycles. The maximum Gasteiger partial charge on any atom is 0.177 e. The van der Waals surface area contributed by atoms with Crippen molar-refractivity contribution in [2.24, 2.45) is 0 Å². The van der Waals surface area contributed by atoms with Gasteiger partial charge in [-0.15, -0.1) is 11.3 Å². The summed E-state index contributed by atoms with van der Waals surface area (Å²) in [5.41, 5.74) is 1.28. The number of halogens is 1. The highest BCUT2D eigenvalue weighted by Gasteiger charge is 2.12. The number of Topliss-reactive ketones (excluding diaryl/α,β-unsaturated/α-hetero) is 1. The van der Waals surface area contributed by atoms with Gasteiger partial charge in [0.2, 0.25) is 0 Å². The van der Waals surface area contributed by atoms with Gasteiger partial charge in [0.1, 0.15) is 11.5 Å². The fourth-order valence-electron chi connectivity index (χ4n) is 1.38. The summed E-state index contributed by atoms with van der Waals surface area (Å²) in [6.45, 7) is 1.47. The lowest BCUT2D eigenvalue weighted by molar-refractivity contribution is 0.101. The van der Waals surface area contributed by atoms with Crippen molar-refractivity contribution in [1.82, 2.24) is 4.98 Å². The molecule has 2 rings (SSSR count). The first-order valence-electron chi connectivity index (χ1n) is 4.58. The van der Waals surface area contributed by atoms with Crippen LogP contribution in [0.15, 0.2) is 24.3 Å². The third kappa shape index (κ3) is 2.10. The van der Waals surface area contributed by atoms with E-state index < -0.39 is 0 Å². The van der Waals surface area contributed by atoms with Crippen LogP contribution in [0.5, 0.6) is 0 Å². The van der Waals surface area contributed by atoms with Crippen LogP contribution in [-0.2, 0) is 0 Å². The number of ketones is 1. The van der Waals surface area contributed by atoms with Crippen LogP contribution in [0.25, 0.3) is 10.4 Å². The van der Waals surface area contributed by atoms with Crippen LogP contribution in [0.3, 0.4) is 0 Å². The summed E-state index contributed by atoms with van der Waals surface area (Å²) in [6.07, 6.45) is 0. The van der Waals surface area contributed by atoms with Crippen LogP contribution in [0.4, 0.5) is 4.39 Å². The number of nitrogens with one attached hydrogen (secondary N) is 1. The lowest BCUT2D eigenvalue weighted by Crippen LogP contribution is -1.94. The molecule has 0 bridgehead atoms. The molecule has 1 aromatic heterocycles. The molecule has 16 heavy (non-hydrogen) atoms. The summed E-state index contributed by atoms with van der Waals surface area (Å²) < 4.78 is 13.3. The smallest absolute Gasteiger partial charge is 0.177 e. The van der Waals surface area contributed by atoms with E-state index in [9.17, 15) is 9.18 Å². The van der Waals surface area contributed by atoms with E-state index in [0.717, 1.165) is 10.4 Å². The van der Waals surface area contributed by atoms with Crippen LogP contribution in [-0.4, -0.2) is 10.8 Å². The van der Waals surface area contributed by atoms with Gasteiger partial charge in [-0.05, 0) is 29.9 Å². The van der Waals surface area contributed by atoms with Gasteiger partial charge in [-0.3, -0.25) is 4.79 Å². The van der Waals surface area contributed by atoms with Crippen LogP contribution >= 0.6 is 23.6 Å². The number of benzene rings is 1. The van der Waals surface area contributed by atoms with Gasteiger partial charge in [0.05, 0.1) is 4.88 Å². The molecular formula is C11H8FNOS2. The Labute approximate surface area is 101 Å². The molecule has 0 radical (unpaired) electrons. The molecule has 0 fully saturated rings. The SMILES string of the molecule is CC(=O)c1[nH]c(=S)sc1-c1ccc(F)cc1. The zero-order valence-corrected chi connectivity index (χ0v) is 10.0. The van der Waals surface area contributed by atoms with Crippen LogP contribution < -0.4 is 0 Å². The largest absolute Gasteiger partial charge is 0.334 e. The van der Waals surface area contributed by atoms with Crippen molar-refractivity contribution < 1.29 is 9.18 Å². The van der Waals surface area contributed by atoms with Crippen molar-refractivity contribution in [1.29, 1.82) is 0 Å². The zero-order chi connectivity index (χ0) is 11.7. The average molecular weight is 253 g/mol. The third-order valence-electron chi connectivity index (χ3n) is 2.11. The molecule has 0 aliphatic carbocycles. The van der Waals surface area contributed by atoms with Gasteiger partial charge in [-0.2, -0.15) is 0 Å². The fraction of sp³-hybridized carbons (Fsp3) is 0.0909. The molecule has 2 nitrogen and oxygen atoms in total. The third-order valence-corrected chi connectivity index (χ3v) is 3.39. The Balaban J connectivity index is 2.59. The van der Waals surface area contributed by atoms with Gasteiger partial charge in [-0.25, -0.2) is 4.39 Å². The predicted octanol–water partition coefficient (Wildman–Crippen LogP) is 3.81. The first-order valence-corrected chi connectivity index (χ1v) is 5.80. The molecule has 0 aliphatic heterocycles.